The lowest BCUT2D eigenvalue weighted by Crippen LogP contribution is -2.63. The number of nitrogens with one attached hydrogen (secondary N) is 1. The Kier molecular flexibility index (Phi) is 3.04. The molecule has 0 aromatic carbocycles. The third-order valence-electron chi connectivity index (χ3n) is 3.39. The molecule has 0 unspecified atom stereocenters. The number of hydrogen-bond donors (Lipinski definition) is 1. The van der Waals surface area contributed by atoms with Crippen LogP contribution in [0.1, 0.15) is 9.67 Å². The van der Waals surface area contributed by atoms with Gasteiger partial charge in [0.1, 0.15) is 4.88 Å². The second-order valence-corrected chi connectivity index (χ2v) is 5.22. The second kappa shape index (κ2) is 4.67. The van der Waals surface area contributed by atoms with Gasteiger partial charge in [0.25, 0.3) is 5.91 Å². The molecule has 0 aliphatic carbocycles. The molecule has 2 aliphatic rings. The predicted octanol–water partition coefficient (Wildman–Crippen LogP) is -0.732. The van der Waals surface area contributed by atoms with Crippen LogP contribution < -0.4 is 5.32 Å². The molecule has 92 valence electrons. The second-order valence-electron chi connectivity index (χ2n) is 4.43. The standard InChI is InChI=1S/C10H15N5OS/c16-10(9-5-12-13-17-9)15-6-8(7-15)14-3-1-11-2-4-14/h5,8,11H,1-4,6-7H2. The van der Waals surface area contributed by atoms with Crippen LogP contribution in [-0.2, 0) is 0 Å². The largest absolute Gasteiger partial charge is 0.335 e. The number of hydrogen-bond acceptors (Lipinski definition) is 6. The summed E-state index contributed by atoms with van der Waals surface area (Å²) >= 11 is 1.17. The van der Waals surface area contributed by atoms with Gasteiger partial charge in [0.2, 0.25) is 0 Å². The maximum absolute atomic E-state index is 11.9. The normalized spacial score (nSPS) is 22.5. The van der Waals surface area contributed by atoms with Crippen molar-refractivity contribution in [2.24, 2.45) is 0 Å². The first kappa shape index (κ1) is 11.1. The first-order chi connectivity index (χ1) is 8.34. The van der Waals surface area contributed by atoms with E-state index in [0.717, 1.165) is 39.3 Å². The minimum Gasteiger partial charge on any atom is -0.335 e. The Labute approximate surface area is 104 Å². The number of rotatable bonds is 2. The highest BCUT2D eigenvalue weighted by Gasteiger charge is 2.35. The van der Waals surface area contributed by atoms with E-state index in [2.05, 4.69) is 19.8 Å². The van der Waals surface area contributed by atoms with Crippen LogP contribution in [0.5, 0.6) is 0 Å². The Hall–Kier alpha value is -1.05. The van der Waals surface area contributed by atoms with E-state index in [1.165, 1.54) is 11.5 Å². The minimum absolute atomic E-state index is 0.0754. The van der Waals surface area contributed by atoms with E-state index in [0.29, 0.717) is 10.9 Å². The highest BCUT2D eigenvalue weighted by Crippen LogP contribution is 2.19. The Morgan fingerprint density at radius 3 is 2.82 bits per heavy atom. The molecule has 0 radical (unpaired) electrons. The van der Waals surface area contributed by atoms with Crippen molar-refractivity contribution in [1.82, 2.24) is 24.7 Å². The van der Waals surface area contributed by atoms with Crippen molar-refractivity contribution in [2.75, 3.05) is 39.3 Å². The van der Waals surface area contributed by atoms with Crippen LogP contribution in [0, 0.1) is 0 Å². The molecule has 3 heterocycles. The number of nitrogens with zero attached hydrogens (tertiary/aromatic N) is 4. The molecule has 0 saturated carbocycles. The highest BCUT2D eigenvalue weighted by atomic mass is 32.1. The zero-order chi connectivity index (χ0) is 11.7. The van der Waals surface area contributed by atoms with Crippen LogP contribution in [0.2, 0.25) is 0 Å². The van der Waals surface area contributed by atoms with Gasteiger partial charge >= 0.3 is 0 Å². The van der Waals surface area contributed by atoms with Crippen LogP contribution in [0.25, 0.3) is 0 Å². The van der Waals surface area contributed by atoms with Crippen molar-refractivity contribution in [3.8, 4) is 0 Å². The molecular weight excluding hydrogens is 238 g/mol. The van der Waals surface area contributed by atoms with Crippen molar-refractivity contribution >= 4 is 17.4 Å². The van der Waals surface area contributed by atoms with Crippen LogP contribution in [0.15, 0.2) is 6.20 Å². The van der Waals surface area contributed by atoms with Gasteiger partial charge in [-0.05, 0) is 11.5 Å². The van der Waals surface area contributed by atoms with Crippen LogP contribution >= 0.6 is 11.5 Å². The molecule has 2 saturated heterocycles. The number of aromatic nitrogens is 2. The summed E-state index contributed by atoms with van der Waals surface area (Å²) < 4.78 is 3.72. The summed E-state index contributed by atoms with van der Waals surface area (Å²) in [6, 6.07) is 0.543. The van der Waals surface area contributed by atoms with Gasteiger partial charge in [0.15, 0.2) is 0 Å². The molecule has 6 nitrogen and oxygen atoms in total. The number of carbonyl (C=O) groups excluding carboxylic acids is 1. The van der Waals surface area contributed by atoms with E-state index in [1.807, 2.05) is 4.90 Å². The molecule has 3 rings (SSSR count). The van der Waals surface area contributed by atoms with Crippen LogP contribution in [0.3, 0.4) is 0 Å². The average Bonchev–Trinajstić information content (AvgIpc) is 2.81. The lowest BCUT2D eigenvalue weighted by Gasteiger charge is -2.46. The number of piperazine rings is 1. The molecule has 2 aliphatic heterocycles. The van der Waals surface area contributed by atoms with Gasteiger partial charge < -0.3 is 10.2 Å². The van der Waals surface area contributed by atoms with Gasteiger partial charge in [-0.1, -0.05) is 4.49 Å². The van der Waals surface area contributed by atoms with Crippen molar-refractivity contribution in [2.45, 2.75) is 6.04 Å². The average molecular weight is 253 g/mol. The fraction of sp³-hybridized carbons (Fsp3) is 0.700. The lowest BCUT2D eigenvalue weighted by molar-refractivity contribution is 0.0230. The molecule has 0 atom stereocenters. The summed E-state index contributed by atoms with van der Waals surface area (Å²) in [5.74, 6) is 0.0754. The van der Waals surface area contributed by atoms with E-state index >= 15 is 0 Å². The summed E-state index contributed by atoms with van der Waals surface area (Å²) in [5, 5.41) is 7.03. The van der Waals surface area contributed by atoms with Crippen LogP contribution in [0.4, 0.5) is 0 Å². The van der Waals surface area contributed by atoms with E-state index < -0.39 is 0 Å². The van der Waals surface area contributed by atoms with Gasteiger partial charge in [0.05, 0.1) is 6.20 Å². The fourth-order valence-corrected chi connectivity index (χ4v) is 2.80. The van der Waals surface area contributed by atoms with Gasteiger partial charge in [-0.2, -0.15) is 0 Å². The Morgan fingerprint density at radius 1 is 1.41 bits per heavy atom. The molecule has 2 fully saturated rings. The molecular formula is C10H15N5OS. The van der Waals surface area contributed by atoms with Gasteiger partial charge in [-0.25, -0.2) is 0 Å². The van der Waals surface area contributed by atoms with Gasteiger partial charge in [0, 0.05) is 45.3 Å². The Balaban J connectivity index is 1.52. The summed E-state index contributed by atoms with van der Waals surface area (Å²) in [6.45, 7) is 5.99. The number of likely N-dealkylation sites (tertiary alicyclic amines) is 1. The van der Waals surface area contributed by atoms with E-state index in [-0.39, 0.29) is 5.91 Å². The molecule has 1 N–H and O–H groups in total. The molecule has 0 bridgehead atoms. The summed E-state index contributed by atoms with van der Waals surface area (Å²) in [7, 11) is 0. The maximum atomic E-state index is 11.9. The fourth-order valence-electron chi connectivity index (χ4n) is 2.32. The molecule has 1 amide bonds. The third-order valence-corrected chi connectivity index (χ3v) is 4.04. The molecule has 17 heavy (non-hydrogen) atoms. The van der Waals surface area contributed by atoms with E-state index in [9.17, 15) is 4.79 Å². The zero-order valence-corrected chi connectivity index (χ0v) is 10.3. The lowest BCUT2D eigenvalue weighted by atomic mass is 10.1. The first-order valence-corrected chi connectivity index (χ1v) is 6.63. The molecule has 1 aromatic rings. The van der Waals surface area contributed by atoms with Gasteiger partial charge in [-0.15, -0.1) is 5.10 Å². The molecule has 0 spiro atoms. The Morgan fingerprint density at radius 2 is 2.18 bits per heavy atom. The predicted molar refractivity (Wildman–Crippen MR) is 64.0 cm³/mol. The minimum atomic E-state index is 0.0754. The maximum Gasteiger partial charge on any atom is 0.267 e. The van der Waals surface area contributed by atoms with Crippen molar-refractivity contribution in [1.29, 1.82) is 0 Å². The SMILES string of the molecule is O=C(c1cnns1)N1CC(N2CCNCC2)C1. The van der Waals surface area contributed by atoms with Crippen molar-refractivity contribution in [3.63, 3.8) is 0 Å². The van der Waals surface area contributed by atoms with Gasteiger partial charge in [-0.3, -0.25) is 9.69 Å². The molecule has 1 aromatic heterocycles. The van der Waals surface area contributed by atoms with E-state index in [1.54, 1.807) is 6.20 Å². The molecule has 7 heteroatoms. The summed E-state index contributed by atoms with van der Waals surface area (Å²) in [6.07, 6.45) is 1.55. The first-order valence-electron chi connectivity index (χ1n) is 5.86. The third kappa shape index (κ3) is 2.18. The number of amides is 1. The zero-order valence-electron chi connectivity index (χ0n) is 9.50. The monoisotopic (exact) mass is 253 g/mol. The van der Waals surface area contributed by atoms with Crippen LogP contribution in [-0.4, -0.2) is 70.6 Å². The Bertz CT molecular complexity index is 383. The summed E-state index contributed by atoms with van der Waals surface area (Å²) in [4.78, 5) is 16.9. The quantitative estimate of drug-likeness (QED) is 0.753. The highest BCUT2D eigenvalue weighted by molar-refractivity contribution is 7.07. The number of carbonyl (C=O) groups is 1. The van der Waals surface area contributed by atoms with Crippen molar-refractivity contribution < 1.29 is 4.79 Å². The summed E-state index contributed by atoms with van der Waals surface area (Å²) in [5.41, 5.74) is 0. The topological polar surface area (TPSA) is 61.4 Å². The van der Waals surface area contributed by atoms with Crippen molar-refractivity contribution in [3.05, 3.63) is 11.1 Å². The van der Waals surface area contributed by atoms with E-state index in [4.69, 9.17) is 0 Å². The smallest absolute Gasteiger partial charge is 0.267 e.